The Morgan fingerprint density at radius 2 is 2.29 bits per heavy atom. The quantitative estimate of drug-likeness (QED) is 0.853. The van der Waals surface area contributed by atoms with Crippen LogP contribution in [0.3, 0.4) is 0 Å². The summed E-state index contributed by atoms with van der Waals surface area (Å²) in [5.74, 6) is 6.98. The highest BCUT2D eigenvalue weighted by atomic mass is 35.5. The fraction of sp³-hybridized carbons (Fsp3) is 0.333. The first-order valence-electron chi connectivity index (χ1n) is 7.92. The molecule has 1 aliphatic heterocycles. The number of nitrogens with one attached hydrogen (secondary N) is 1. The van der Waals surface area contributed by atoms with Gasteiger partial charge in [-0.2, -0.15) is 0 Å². The third-order valence-corrected chi connectivity index (χ3v) is 4.97. The number of rotatable bonds is 2. The van der Waals surface area contributed by atoms with Crippen LogP contribution in [0.25, 0.3) is 0 Å². The molecule has 122 valence electrons. The molecule has 6 heteroatoms. The molecule has 1 aromatic carbocycles. The summed E-state index contributed by atoms with van der Waals surface area (Å²) in [6.45, 7) is 0.541. The van der Waals surface area contributed by atoms with Crippen molar-refractivity contribution < 1.29 is 4.79 Å². The molecule has 2 heterocycles. The van der Waals surface area contributed by atoms with Gasteiger partial charge in [0.2, 0.25) is 0 Å². The number of hydrogen-bond acceptors (Lipinski definition) is 2. The second-order valence-electron chi connectivity index (χ2n) is 6.26. The zero-order valence-corrected chi connectivity index (χ0v) is 14.0. The largest absolute Gasteiger partial charge is 0.326 e. The molecule has 0 spiro atoms. The number of aromatic nitrogens is 2. The summed E-state index contributed by atoms with van der Waals surface area (Å²) >= 11 is 6.24. The highest BCUT2D eigenvalue weighted by Crippen LogP contribution is 2.52. The molecule has 2 aromatic rings. The molecule has 1 saturated carbocycles. The third-order valence-electron chi connectivity index (χ3n) is 4.74. The number of carbonyl (C=O) groups is 1. The van der Waals surface area contributed by atoms with Crippen molar-refractivity contribution in [3.05, 3.63) is 47.5 Å². The maximum atomic E-state index is 12.5. The van der Waals surface area contributed by atoms with Crippen LogP contribution in [0.5, 0.6) is 0 Å². The summed E-state index contributed by atoms with van der Waals surface area (Å²) in [5, 5.41) is 3.58. The summed E-state index contributed by atoms with van der Waals surface area (Å²) in [6.07, 6.45) is 7.46. The number of nitrogens with zero attached hydrogens (tertiary/aromatic N) is 3. The summed E-state index contributed by atoms with van der Waals surface area (Å²) in [7, 11) is 1.81. The van der Waals surface area contributed by atoms with Crippen molar-refractivity contribution in [3.63, 3.8) is 0 Å². The van der Waals surface area contributed by atoms with Gasteiger partial charge in [0.25, 0.3) is 0 Å². The topological polar surface area (TPSA) is 50.2 Å². The van der Waals surface area contributed by atoms with E-state index >= 15 is 0 Å². The van der Waals surface area contributed by atoms with Gasteiger partial charge in [-0.3, -0.25) is 0 Å². The zero-order chi connectivity index (χ0) is 16.7. The van der Waals surface area contributed by atoms with E-state index in [1.54, 1.807) is 23.5 Å². The number of hydrogen-bond donors (Lipinski definition) is 1. The van der Waals surface area contributed by atoms with Gasteiger partial charge in [0.15, 0.2) is 0 Å². The summed E-state index contributed by atoms with van der Waals surface area (Å²) in [4.78, 5) is 18.2. The summed E-state index contributed by atoms with van der Waals surface area (Å²) in [6, 6.07) is 5.45. The number of fused-ring (bicyclic) bond motifs is 1. The molecule has 4 rings (SSSR count). The molecule has 0 saturated heterocycles. The Morgan fingerprint density at radius 1 is 1.46 bits per heavy atom. The van der Waals surface area contributed by atoms with Crippen LogP contribution >= 0.6 is 11.6 Å². The van der Waals surface area contributed by atoms with Crippen molar-refractivity contribution in [2.75, 3.05) is 12.4 Å². The van der Waals surface area contributed by atoms with E-state index in [0.717, 1.165) is 24.1 Å². The first kappa shape index (κ1) is 15.1. The number of halogens is 1. The molecule has 0 bridgehead atoms. The minimum atomic E-state index is -0.622. The molecular formula is C18H17ClN4O. The van der Waals surface area contributed by atoms with Crippen LogP contribution in [0.4, 0.5) is 10.5 Å². The van der Waals surface area contributed by atoms with E-state index in [0.29, 0.717) is 17.5 Å². The Bertz CT molecular complexity index is 848. The number of benzene rings is 1. The SMILES string of the molecule is CN1C(=O)Nc2ccc(Cl)cc2C1(C#CCn1ccnc1)C1CC1. The van der Waals surface area contributed by atoms with E-state index in [1.807, 2.05) is 29.9 Å². The fourth-order valence-corrected chi connectivity index (χ4v) is 3.55. The highest BCUT2D eigenvalue weighted by molar-refractivity contribution is 6.30. The minimum absolute atomic E-state index is 0.131. The smallest absolute Gasteiger partial charge is 0.323 e. The first-order valence-corrected chi connectivity index (χ1v) is 8.29. The molecule has 1 unspecified atom stereocenters. The highest BCUT2D eigenvalue weighted by Gasteiger charge is 2.53. The third kappa shape index (κ3) is 2.35. The van der Waals surface area contributed by atoms with Gasteiger partial charge >= 0.3 is 6.03 Å². The lowest BCUT2D eigenvalue weighted by atomic mass is 9.81. The second-order valence-corrected chi connectivity index (χ2v) is 6.69. The number of amides is 2. The number of anilines is 1. The standard InChI is InChI=1S/C18H17ClN4O/c1-22-17(24)21-16-6-5-14(19)11-15(16)18(22,13-3-4-13)7-2-9-23-10-8-20-12-23/h5-6,8,10-13H,3-4,9H2,1H3,(H,21,24). The van der Waals surface area contributed by atoms with Gasteiger partial charge in [-0.25, -0.2) is 9.78 Å². The van der Waals surface area contributed by atoms with Crippen molar-refractivity contribution in [1.82, 2.24) is 14.5 Å². The Labute approximate surface area is 145 Å². The molecule has 1 aromatic heterocycles. The summed E-state index contributed by atoms with van der Waals surface area (Å²) < 4.78 is 1.91. The average Bonchev–Trinajstić information content (AvgIpc) is 3.29. The lowest BCUT2D eigenvalue weighted by molar-refractivity contribution is 0.161. The van der Waals surface area contributed by atoms with E-state index in [1.165, 1.54) is 0 Å². The van der Waals surface area contributed by atoms with Crippen molar-refractivity contribution >= 4 is 23.3 Å². The van der Waals surface area contributed by atoms with Crippen molar-refractivity contribution in [2.45, 2.75) is 24.9 Å². The maximum Gasteiger partial charge on any atom is 0.323 e. The Hall–Kier alpha value is -2.45. The van der Waals surface area contributed by atoms with E-state index in [2.05, 4.69) is 22.1 Å². The lowest BCUT2D eigenvalue weighted by Crippen LogP contribution is -2.53. The van der Waals surface area contributed by atoms with Crippen LogP contribution in [0, 0.1) is 17.8 Å². The molecule has 5 nitrogen and oxygen atoms in total. The molecule has 2 aliphatic rings. The number of imidazole rings is 1. The molecule has 1 atom stereocenters. The number of urea groups is 1. The first-order chi connectivity index (χ1) is 11.6. The molecule has 0 radical (unpaired) electrons. The van der Waals surface area contributed by atoms with Crippen LogP contribution in [0.2, 0.25) is 5.02 Å². The lowest BCUT2D eigenvalue weighted by Gasteiger charge is -2.43. The monoisotopic (exact) mass is 340 g/mol. The van der Waals surface area contributed by atoms with Crippen molar-refractivity contribution in [3.8, 4) is 11.8 Å². The molecular weight excluding hydrogens is 324 g/mol. The maximum absolute atomic E-state index is 12.5. The van der Waals surface area contributed by atoms with Crippen LogP contribution in [0.1, 0.15) is 18.4 Å². The Morgan fingerprint density at radius 3 is 3.00 bits per heavy atom. The normalized spacial score (nSPS) is 22.4. The van der Waals surface area contributed by atoms with Crippen LogP contribution in [-0.2, 0) is 12.1 Å². The van der Waals surface area contributed by atoms with Gasteiger partial charge in [-0.15, -0.1) is 0 Å². The Balaban J connectivity index is 1.82. The van der Waals surface area contributed by atoms with Gasteiger partial charge in [0, 0.05) is 35.7 Å². The number of carbonyl (C=O) groups excluding carboxylic acids is 1. The fourth-order valence-electron chi connectivity index (χ4n) is 3.37. The van der Waals surface area contributed by atoms with E-state index in [-0.39, 0.29) is 6.03 Å². The van der Waals surface area contributed by atoms with Crippen LogP contribution in [0.15, 0.2) is 36.9 Å². The predicted molar refractivity (Wildman–Crippen MR) is 92.6 cm³/mol. The van der Waals surface area contributed by atoms with E-state index in [9.17, 15) is 4.79 Å². The van der Waals surface area contributed by atoms with Gasteiger partial charge in [-0.1, -0.05) is 23.4 Å². The van der Waals surface area contributed by atoms with Gasteiger partial charge in [0.05, 0.1) is 12.9 Å². The molecule has 1 aliphatic carbocycles. The molecule has 1 N–H and O–H groups in total. The molecule has 2 amide bonds. The van der Waals surface area contributed by atoms with Crippen LogP contribution in [-0.4, -0.2) is 27.5 Å². The molecule has 24 heavy (non-hydrogen) atoms. The molecule has 1 fully saturated rings. The minimum Gasteiger partial charge on any atom is -0.326 e. The van der Waals surface area contributed by atoms with Gasteiger partial charge < -0.3 is 14.8 Å². The predicted octanol–water partition coefficient (Wildman–Crippen LogP) is 3.32. The van der Waals surface area contributed by atoms with Crippen molar-refractivity contribution in [2.24, 2.45) is 5.92 Å². The second kappa shape index (κ2) is 5.57. The zero-order valence-electron chi connectivity index (χ0n) is 13.3. The van der Waals surface area contributed by atoms with Gasteiger partial charge in [0.1, 0.15) is 5.54 Å². The average molecular weight is 341 g/mol. The Kier molecular flexibility index (Phi) is 3.50. The van der Waals surface area contributed by atoms with Crippen LogP contribution < -0.4 is 5.32 Å². The van der Waals surface area contributed by atoms with Gasteiger partial charge in [-0.05, 0) is 37.0 Å². The summed E-state index contributed by atoms with van der Waals surface area (Å²) in [5.41, 5.74) is 1.16. The van der Waals surface area contributed by atoms with E-state index < -0.39 is 5.54 Å². The van der Waals surface area contributed by atoms with E-state index in [4.69, 9.17) is 11.6 Å². The van der Waals surface area contributed by atoms with Crippen molar-refractivity contribution in [1.29, 1.82) is 0 Å².